The van der Waals surface area contributed by atoms with Gasteiger partial charge in [-0.05, 0) is 64.9 Å². The molecule has 1 aromatic carbocycles. The van der Waals surface area contributed by atoms with E-state index < -0.39 is 5.60 Å². The van der Waals surface area contributed by atoms with Crippen LogP contribution in [0.1, 0.15) is 62.1 Å². The summed E-state index contributed by atoms with van der Waals surface area (Å²) in [6, 6.07) is 6.76. The van der Waals surface area contributed by atoms with E-state index in [2.05, 4.69) is 32.0 Å². The van der Waals surface area contributed by atoms with Crippen molar-refractivity contribution in [3.05, 3.63) is 34.9 Å². The van der Waals surface area contributed by atoms with Gasteiger partial charge in [-0.2, -0.15) is 0 Å². The van der Waals surface area contributed by atoms with Gasteiger partial charge in [0.05, 0.1) is 11.2 Å². The van der Waals surface area contributed by atoms with Crippen LogP contribution in [0.4, 0.5) is 0 Å². The first kappa shape index (κ1) is 18.9. The van der Waals surface area contributed by atoms with Crippen LogP contribution in [-0.2, 0) is 15.1 Å². The van der Waals surface area contributed by atoms with E-state index in [1.165, 1.54) is 16.7 Å². The van der Waals surface area contributed by atoms with Gasteiger partial charge in [0.2, 0.25) is 5.91 Å². The Morgan fingerprint density at radius 3 is 2.11 bits per heavy atom. The number of hydrogen-bond donors (Lipinski definition) is 1. The predicted octanol–water partition coefficient (Wildman–Crippen LogP) is 3.71. The summed E-state index contributed by atoms with van der Waals surface area (Å²) in [7, 11) is 1.84. The summed E-state index contributed by atoms with van der Waals surface area (Å²) in [5.74, 6) is 0.291. The molecule has 1 spiro atoms. The summed E-state index contributed by atoms with van der Waals surface area (Å²) >= 11 is 0. The Labute approximate surface area is 162 Å². The van der Waals surface area contributed by atoms with Crippen LogP contribution >= 0.6 is 0 Å². The van der Waals surface area contributed by atoms with Gasteiger partial charge in [0.25, 0.3) is 0 Å². The number of benzene rings is 1. The highest BCUT2D eigenvalue weighted by Gasteiger charge is 2.53. The third-order valence-corrected chi connectivity index (χ3v) is 7.34. The lowest BCUT2D eigenvalue weighted by Crippen LogP contribution is -2.63. The Morgan fingerprint density at radius 1 is 1.07 bits per heavy atom. The van der Waals surface area contributed by atoms with Crippen molar-refractivity contribution in [3.8, 4) is 0 Å². The fourth-order valence-electron chi connectivity index (χ4n) is 5.70. The molecule has 0 unspecified atom stereocenters. The topological polar surface area (TPSA) is 49.8 Å². The van der Waals surface area contributed by atoms with Crippen LogP contribution in [0, 0.1) is 25.2 Å². The van der Waals surface area contributed by atoms with Gasteiger partial charge < -0.3 is 14.7 Å². The Morgan fingerprint density at radius 2 is 1.63 bits per heavy atom. The number of nitrogens with zero attached hydrogens (tertiary/aromatic N) is 1. The number of carbonyl (C=O) groups excluding carboxylic acids is 1. The highest BCUT2D eigenvalue weighted by atomic mass is 16.5. The first-order valence-corrected chi connectivity index (χ1v) is 10.3. The maximum Gasteiger partial charge on any atom is 0.225 e. The smallest absolute Gasteiger partial charge is 0.225 e. The highest BCUT2D eigenvalue weighted by molar-refractivity contribution is 5.81. The van der Waals surface area contributed by atoms with Crippen LogP contribution < -0.4 is 0 Å². The van der Waals surface area contributed by atoms with Crippen molar-refractivity contribution in [2.45, 2.75) is 70.5 Å². The average molecular weight is 372 g/mol. The van der Waals surface area contributed by atoms with Crippen LogP contribution in [0.15, 0.2) is 18.2 Å². The normalized spacial score (nSPS) is 31.3. The fourth-order valence-corrected chi connectivity index (χ4v) is 5.70. The summed E-state index contributed by atoms with van der Waals surface area (Å²) in [5.41, 5.74) is 3.36. The largest absolute Gasteiger partial charge is 0.390 e. The molecule has 1 heterocycles. The molecule has 3 fully saturated rings. The van der Waals surface area contributed by atoms with E-state index in [1.54, 1.807) is 0 Å². The third-order valence-electron chi connectivity index (χ3n) is 7.34. The quantitative estimate of drug-likeness (QED) is 0.881. The molecule has 0 atom stereocenters. The standard InChI is InChI=1S/C23H33NO3/c1-16-9-17(2)11-19(10-16)23(27-4)7-5-22(6-8-23)14-24(15-22)20(25)18-12-21(3,26)13-18/h9-11,18,26H,5-8,12-15H2,1-4H3/t18-,21+. The lowest BCUT2D eigenvalue weighted by atomic mass is 9.62. The van der Waals surface area contributed by atoms with Crippen molar-refractivity contribution in [2.24, 2.45) is 11.3 Å². The van der Waals surface area contributed by atoms with E-state index in [-0.39, 0.29) is 22.8 Å². The molecule has 27 heavy (non-hydrogen) atoms. The second kappa shape index (κ2) is 6.31. The molecule has 0 bridgehead atoms. The van der Waals surface area contributed by atoms with Gasteiger partial charge in [-0.1, -0.05) is 29.3 Å². The average Bonchev–Trinajstić information content (AvgIpc) is 2.56. The van der Waals surface area contributed by atoms with E-state index in [0.717, 1.165) is 38.8 Å². The van der Waals surface area contributed by atoms with Crippen molar-refractivity contribution >= 4 is 5.91 Å². The van der Waals surface area contributed by atoms with Gasteiger partial charge in [0.15, 0.2) is 0 Å². The molecule has 1 aromatic rings. The lowest BCUT2D eigenvalue weighted by molar-refractivity contribution is -0.168. The van der Waals surface area contributed by atoms with Crippen molar-refractivity contribution in [1.82, 2.24) is 4.90 Å². The molecule has 3 aliphatic rings. The van der Waals surface area contributed by atoms with E-state index in [1.807, 2.05) is 18.9 Å². The Hall–Kier alpha value is -1.39. The second-order valence-electron chi connectivity index (χ2n) is 9.87. The molecule has 1 amide bonds. The lowest BCUT2D eigenvalue weighted by Gasteiger charge is -2.57. The third kappa shape index (κ3) is 3.31. The van der Waals surface area contributed by atoms with Crippen LogP contribution in [0.3, 0.4) is 0 Å². The van der Waals surface area contributed by atoms with E-state index >= 15 is 0 Å². The molecule has 2 aliphatic carbocycles. The van der Waals surface area contributed by atoms with E-state index in [9.17, 15) is 9.90 Å². The SMILES string of the molecule is COC1(c2cc(C)cc(C)c2)CCC2(CC1)CN(C(=O)[C@H]1C[C@@](C)(O)C1)C2. The number of likely N-dealkylation sites (tertiary alicyclic amines) is 1. The van der Waals surface area contributed by atoms with Gasteiger partial charge >= 0.3 is 0 Å². The summed E-state index contributed by atoms with van der Waals surface area (Å²) in [6.45, 7) is 7.90. The minimum atomic E-state index is -0.627. The zero-order valence-corrected chi connectivity index (χ0v) is 17.2. The number of hydrogen-bond acceptors (Lipinski definition) is 3. The highest BCUT2D eigenvalue weighted by Crippen LogP contribution is 2.52. The molecule has 0 aromatic heterocycles. The molecule has 1 N–H and O–H groups in total. The summed E-state index contributed by atoms with van der Waals surface area (Å²) in [6.07, 6.45) is 5.50. The summed E-state index contributed by atoms with van der Waals surface area (Å²) < 4.78 is 6.09. The molecule has 1 saturated heterocycles. The van der Waals surface area contributed by atoms with E-state index in [4.69, 9.17) is 4.74 Å². The second-order valence-corrected chi connectivity index (χ2v) is 9.87. The maximum absolute atomic E-state index is 12.6. The number of aryl methyl sites for hydroxylation is 2. The zero-order chi connectivity index (χ0) is 19.4. The van der Waals surface area contributed by atoms with Gasteiger partial charge in [0, 0.05) is 31.5 Å². The molecule has 4 nitrogen and oxygen atoms in total. The zero-order valence-electron chi connectivity index (χ0n) is 17.2. The van der Waals surface area contributed by atoms with Crippen molar-refractivity contribution in [2.75, 3.05) is 20.2 Å². The van der Waals surface area contributed by atoms with Crippen molar-refractivity contribution in [3.63, 3.8) is 0 Å². The van der Waals surface area contributed by atoms with Crippen LogP contribution in [0.5, 0.6) is 0 Å². The molecular weight excluding hydrogens is 338 g/mol. The van der Waals surface area contributed by atoms with Gasteiger partial charge in [-0.15, -0.1) is 0 Å². The van der Waals surface area contributed by atoms with Crippen LogP contribution in [0.2, 0.25) is 0 Å². The minimum absolute atomic E-state index is 0.0364. The number of aliphatic hydroxyl groups is 1. The van der Waals surface area contributed by atoms with Crippen LogP contribution in [0.25, 0.3) is 0 Å². The van der Waals surface area contributed by atoms with Gasteiger partial charge in [0.1, 0.15) is 0 Å². The summed E-state index contributed by atoms with van der Waals surface area (Å²) in [5, 5.41) is 9.89. The number of carbonyl (C=O) groups is 1. The number of amides is 1. The first-order chi connectivity index (χ1) is 12.7. The number of rotatable bonds is 3. The molecule has 0 radical (unpaired) electrons. The number of methoxy groups -OCH3 is 1. The fraction of sp³-hybridized carbons (Fsp3) is 0.696. The predicted molar refractivity (Wildman–Crippen MR) is 105 cm³/mol. The molecule has 1 aliphatic heterocycles. The monoisotopic (exact) mass is 371 g/mol. The van der Waals surface area contributed by atoms with Crippen LogP contribution in [-0.4, -0.2) is 41.7 Å². The molecule has 2 saturated carbocycles. The van der Waals surface area contributed by atoms with Gasteiger partial charge in [-0.3, -0.25) is 4.79 Å². The molecule has 4 heteroatoms. The first-order valence-electron chi connectivity index (χ1n) is 10.3. The van der Waals surface area contributed by atoms with Crippen molar-refractivity contribution < 1.29 is 14.6 Å². The Balaban J connectivity index is 1.38. The van der Waals surface area contributed by atoms with E-state index in [0.29, 0.717) is 12.8 Å². The summed E-state index contributed by atoms with van der Waals surface area (Å²) in [4.78, 5) is 14.6. The molecular formula is C23H33NO3. The Bertz CT molecular complexity index is 710. The molecule has 148 valence electrons. The minimum Gasteiger partial charge on any atom is -0.390 e. The molecule has 4 rings (SSSR count). The number of ether oxygens (including phenoxy) is 1. The van der Waals surface area contributed by atoms with Gasteiger partial charge in [-0.25, -0.2) is 0 Å². The Kier molecular flexibility index (Phi) is 4.43. The maximum atomic E-state index is 12.6. The van der Waals surface area contributed by atoms with Crippen molar-refractivity contribution in [1.29, 1.82) is 0 Å².